The van der Waals surface area contributed by atoms with Gasteiger partial charge in [0, 0.05) is 23.6 Å². The van der Waals surface area contributed by atoms with E-state index >= 15 is 0 Å². The van der Waals surface area contributed by atoms with Crippen LogP contribution in [0.25, 0.3) is 17.2 Å². The van der Waals surface area contributed by atoms with E-state index in [4.69, 9.17) is 0 Å². The van der Waals surface area contributed by atoms with Gasteiger partial charge in [0.2, 0.25) is 0 Å². The molecule has 0 amide bonds. The summed E-state index contributed by atoms with van der Waals surface area (Å²) in [5.74, 6) is 0. The first-order valence-electron chi connectivity index (χ1n) is 11.7. The number of nitrogens with zero attached hydrogens (tertiary/aromatic N) is 1. The molecule has 0 N–H and O–H groups in total. The standard InChI is InChI=1S/C19H19.C10H11NSi.2ClH.Zr/c1-3-5-15-8-10-16(11-9-15)18-7-4-6-17-12-14(2)13-19(17)18;1-6-9-7-4-11-5-8(7)10(6)12(9,2)3;;;/h4,6-13H,3,5H2,1-2H3;4-5H,1-3H3;2*1H;/q;;;;+2/p-2. The van der Waals surface area contributed by atoms with Gasteiger partial charge in [-0.2, -0.15) is 0 Å². The molecule has 3 heterocycles. The van der Waals surface area contributed by atoms with E-state index in [-0.39, 0.29) is 24.8 Å². The van der Waals surface area contributed by atoms with Gasteiger partial charge in [0.25, 0.3) is 0 Å². The third-order valence-electron chi connectivity index (χ3n) is 7.32. The summed E-state index contributed by atoms with van der Waals surface area (Å²) in [7, 11) is -1.11. The average molecular weight is 583 g/mol. The molecule has 0 aromatic heterocycles. The van der Waals surface area contributed by atoms with E-state index in [9.17, 15) is 0 Å². The Hall–Kier alpha value is -1.25. The number of aryl methyl sites for hydroxylation is 1. The molecule has 2 aromatic rings. The fourth-order valence-electron chi connectivity index (χ4n) is 5.87. The van der Waals surface area contributed by atoms with Crippen LogP contribution in [-0.2, 0) is 31.1 Å². The molecule has 0 fully saturated rings. The van der Waals surface area contributed by atoms with E-state index < -0.39 is 8.07 Å². The molecule has 1 nitrogen and oxygen atoms in total. The number of fused-ring (bicyclic) bond motifs is 1. The summed E-state index contributed by atoms with van der Waals surface area (Å²) in [6, 6.07) is 15.9. The van der Waals surface area contributed by atoms with Gasteiger partial charge in [-0.1, -0.05) is 18.7 Å². The number of aliphatic imine (C=N–C) groups is 1. The van der Waals surface area contributed by atoms with Crippen LogP contribution >= 0.6 is 0 Å². The third kappa shape index (κ3) is 4.28. The summed E-state index contributed by atoms with van der Waals surface area (Å²) in [6.45, 7) is 11.6. The topological polar surface area (TPSA) is 12.4 Å². The van der Waals surface area contributed by atoms with Crippen LogP contribution in [0.5, 0.6) is 0 Å². The van der Waals surface area contributed by atoms with Crippen molar-refractivity contribution in [2.24, 2.45) is 4.99 Å². The zero-order valence-corrected chi connectivity index (χ0v) is 25.4. The molecular formula is C29H30Cl2NSiZr. The van der Waals surface area contributed by atoms with E-state index in [1.807, 2.05) is 12.4 Å². The van der Waals surface area contributed by atoms with Crippen molar-refractivity contribution < 1.29 is 49.5 Å². The SMILES string of the molecule is CC1=C2C3=CN=CC3=C1[Si]2(C)C.CCCc1ccc(-c2cccc3c2C=C(C)[CH]3[Zr+2])cc1.[Cl-].[Cl-]. The predicted octanol–water partition coefficient (Wildman–Crippen LogP) is 1.70. The molecule has 7 rings (SSSR count). The van der Waals surface area contributed by atoms with E-state index in [0.29, 0.717) is 3.63 Å². The number of hydrogen-bond acceptors (Lipinski definition) is 1. The van der Waals surface area contributed by atoms with Gasteiger partial charge in [-0.05, 0) is 17.3 Å². The molecule has 5 heteroatoms. The van der Waals surface area contributed by atoms with Crippen molar-refractivity contribution in [2.45, 2.75) is 50.3 Å². The number of halogens is 2. The van der Waals surface area contributed by atoms with Gasteiger partial charge in [-0.3, -0.25) is 4.99 Å². The molecule has 173 valence electrons. The molecule has 0 saturated heterocycles. The Labute approximate surface area is 232 Å². The van der Waals surface area contributed by atoms with Gasteiger partial charge < -0.3 is 24.8 Å². The maximum absolute atomic E-state index is 4.19. The van der Waals surface area contributed by atoms with Crippen LogP contribution in [0.3, 0.4) is 0 Å². The second-order valence-corrected chi connectivity index (χ2v) is 15.5. The summed E-state index contributed by atoms with van der Waals surface area (Å²) >= 11 is 1.59. The summed E-state index contributed by atoms with van der Waals surface area (Å²) < 4.78 is 0.650. The van der Waals surface area contributed by atoms with E-state index in [1.54, 1.807) is 40.7 Å². The zero-order chi connectivity index (χ0) is 22.6. The summed E-state index contributed by atoms with van der Waals surface area (Å²) in [5, 5.41) is 3.31. The predicted molar refractivity (Wildman–Crippen MR) is 136 cm³/mol. The molecule has 3 aliphatic heterocycles. The minimum Gasteiger partial charge on any atom is -1.00 e. The first kappa shape index (κ1) is 27.3. The minimum atomic E-state index is -1.11. The van der Waals surface area contributed by atoms with Crippen LogP contribution in [-0.4, -0.2) is 14.3 Å². The van der Waals surface area contributed by atoms with Crippen molar-refractivity contribution in [3.8, 4) is 11.1 Å². The van der Waals surface area contributed by atoms with Gasteiger partial charge in [-0.15, -0.1) is 0 Å². The van der Waals surface area contributed by atoms with E-state index in [2.05, 4.69) is 87.4 Å². The normalized spacial score (nSPS) is 19.8. The van der Waals surface area contributed by atoms with Gasteiger partial charge >= 0.3 is 137 Å². The fourth-order valence-corrected chi connectivity index (χ4v) is 10.6. The molecule has 2 bridgehead atoms. The second-order valence-electron chi connectivity index (χ2n) is 9.81. The summed E-state index contributed by atoms with van der Waals surface area (Å²) in [4.78, 5) is 4.19. The maximum atomic E-state index is 4.19. The van der Waals surface area contributed by atoms with Crippen LogP contribution in [0.1, 0.15) is 47.5 Å². The van der Waals surface area contributed by atoms with Crippen LogP contribution in [0.4, 0.5) is 0 Å². The van der Waals surface area contributed by atoms with Crippen molar-refractivity contribution in [1.29, 1.82) is 0 Å². The number of rotatable bonds is 3. The molecule has 0 radical (unpaired) electrons. The molecule has 0 saturated carbocycles. The van der Waals surface area contributed by atoms with E-state index in [0.717, 1.165) is 0 Å². The summed E-state index contributed by atoms with van der Waals surface area (Å²) in [5.41, 5.74) is 13.1. The Balaban J connectivity index is 0.000000199. The van der Waals surface area contributed by atoms with Crippen LogP contribution < -0.4 is 24.8 Å². The Kier molecular flexibility index (Phi) is 8.36. The van der Waals surface area contributed by atoms with Gasteiger partial charge in [-0.25, -0.2) is 0 Å². The molecular weight excluding hydrogens is 553 g/mol. The van der Waals surface area contributed by atoms with Crippen molar-refractivity contribution in [1.82, 2.24) is 0 Å². The van der Waals surface area contributed by atoms with Crippen molar-refractivity contribution in [3.63, 3.8) is 0 Å². The second kappa shape index (κ2) is 10.4. The monoisotopic (exact) mass is 580 g/mol. The molecule has 34 heavy (non-hydrogen) atoms. The van der Waals surface area contributed by atoms with Crippen molar-refractivity contribution >= 4 is 20.4 Å². The zero-order valence-electron chi connectivity index (χ0n) is 20.5. The minimum absolute atomic E-state index is 0. The van der Waals surface area contributed by atoms with Crippen LogP contribution in [0.15, 0.2) is 86.3 Å². The molecule has 1 unspecified atom stereocenters. The quantitative estimate of drug-likeness (QED) is 0.489. The first-order chi connectivity index (χ1) is 15.3. The third-order valence-corrected chi connectivity index (χ3v) is 13.0. The molecule has 2 aliphatic carbocycles. The molecule has 0 spiro atoms. The first-order valence-corrected chi connectivity index (χ1v) is 16.1. The molecule has 1 atom stereocenters. The molecule has 5 aliphatic rings. The largest absolute Gasteiger partial charge is 1.00 e. The van der Waals surface area contributed by atoms with Gasteiger partial charge in [0.05, 0.1) is 0 Å². The smallest absolute Gasteiger partial charge is 1.00 e. The van der Waals surface area contributed by atoms with Gasteiger partial charge in [0.15, 0.2) is 0 Å². The van der Waals surface area contributed by atoms with E-state index in [1.165, 1.54) is 57.4 Å². The number of benzene rings is 2. The number of hydrogen-bond donors (Lipinski definition) is 0. The maximum Gasteiger partial charge on any atom is -1.00 e. The summed E-state index contributed by atoms with van der Waals surface area (Å²) in [6.07, 6.45) is 8.82. The average Bonchev–Trinajstić information content (AvgIpc) is 3.46. The van der Waals surface area contributed by atoms with Crippen LogP contribution in [0, 0.1) is 0 Å². The van der Waals surface area contributed by atoms with Crippen LogP contribution in [0.2, 0.25) is 13.1 Å². The Morgan fingerprint density at radius 1 is 0.971 bits per heavy atom. The number of allylic oxidation sites excluding steroid dienone is 6. The Bertz CT molecular complexity index is 1280. The van der Waals surface area contributed by atoms with Crippen molar-refractivity contribution in [2.75, 3.05) is 0 Å². The van der Waals surface area contributed by atoms with Crippen molar-refractivity contribution in [3.05, 3.63) is 98.0 Å². The Morgan fingerprint density at radius 3 is 2.29 bits per heavy atom. The Morgan fingerprint density at radius 2 is 1.68 bits per heavy atom. The van der Waals surface area contributed by atoms with Gasteiger partial charge in [0.1, 0.15) is 8.07 Å². The fraction of sp³-hybridized carbons (Fsp3) is 0.276. The molecule has 2 aromatic carbocycles.